The molecule has 1 aromatic heterocycles. The predicted octanol–water partition coefficient (Wildman–Crippen LogP) is 6.08. The fraction of sp³-hybridized carbons (Fsp3) is 0.176. The highest BCUT2D eigenvalue weighted by atomic mass is 16.5. The Morgan fingerprint density at radius 1 is 0.951 bits per heavy atom. The van der Waals surface area contributed by atoms with Crippen LogP contribution >= 0.6 is 0 Å². The van der Waals surface area contributed by atoms with Crippen molar-refractivity contribution >= 4 is 45.7 Å². The number of aryl methyl sites for hydroxylation is 1. The number of ether oxygens (including phenoxy) is 1. The van der Waals surface area contributed by atoms with Gasteiger partial charge in [-0.2, -0.15) is 5.26 Å². The predicted molar refractivity (Wildman–Crippen MR) is 160 cm³/mol. The second-order valence-corrected chi connectivity index (χ2v) is 10.3. The number of pyridine rings is 1. The first-order chi connectivity index (χ1) is 19.9. The first-order valence-electron chi connectivity index (χ1n) is 13.5. The fourth-order valence-electron chi connectivity index (χ4n) is 5.71. The van der Waals surface area contributed by atoms with Gasteiger partial charge in [-0.15, -0.1) is 0 Å². The molecular weight excluding hydrogens is 512 g/mol. The molecule has 0 saturated heterocycles. The van der Waals surface area contributed by atoms with Crippen LogP contribution in [0.1, 0.15) is 39.2 Å². The van der Waals surface area contributed by atoms with Crippen LogP contribution in [0, 0.1) is 18.3 Å². The molecule has 0 amide bonds. The van der Waals surface area contributed by atoms with Crippen molar-refractivity contribution in [1.29, 1.82) is 5.26 Å². The van der Waals surface area contributed by atoms with E-state index in [9.17, 15) is 14.9 Å². The number of allylic oxidation sites excluding steroid dienone is 1. The molecule has 0 spiro atoms. The number of anilines is 2. The number of nitrogens with zero attached hydrogens (tertiary/aromatic N) is 4. The minimum Gasteiger partial charge on any atom is -0.454 e. The van der Waals surface area contributed by atoms with Crippen LogP contribution in [0.25, 0.3) is 22.6 Å². The van der Waals surface area contributed by atoms with E-state index in [1.165, 1.54) is 5.56 Å². The summed E-state index contributed by atoms with van der Waals surface area (Å²) in [6.45, 7) is 1.51. The quantitative estimate of drug-likeness (QED) is 0.172. The second-order valence-electron chi connectivity index (χ2n) is 10.3. The summed E-state index contributed by atoms with van der Waals surface area (Å²) in [4.78, 5) is 35.4. The van der Waals surface area contributed by atoms with Gasteiger partial charge in [0.25, 0.3) is 0 Å². The number of esters is 1. The van der Waals surface area contributed by atoms with Crippen LogP contribution in [-0.2, 0) is 16.0 Å². The van der Waals surface area contributed by atoms with Gasteiger partial charge in [0.15, 0.2) is 6.61 Å². The summed E-state index contributed by atoms with van der Waals surface area (Å²) >= 11 is 0. The maximum absolute atomic E-state index is 13.6. The van der Waals surface area contributed by atoms with E-state index in [0.29, 0.717) is 28.7 Å². The first kappa shape index (κ1) is 26.0. The molecule has 0 atom stereocenters. The van der Waals surface area contributed by atoms with Crippen LogP contribution in [-0.4, -0.2) is 37.4 Å². The van der Waals surface area contributed by atoms with Crippen molar-refractivity contribution in [2.24, 2.45) is 0 Å². The van der Waals surface area contributed by atoms with Crippen molar-refractivity contribution in [3.63, 3.8) is 0 Å². The summed E-state index contributed by atoms with van der Waals surface area (Å²) in [5.41, 5.74) is 7.76. The standard InChI is InChI=1S/C34H28N4O3/c1-21-12-14-22(15-13-21)18-23-16-17-25-31(24-8-4-5-9-27(24)36-32(23)25)34(40)41-20-30(39)26(19-35)33-37(2)28-10-6-7-11-29(28)38(33)3/h4-15,18H,16-17,20H2,1-3H3. The van der Waals surface area contributed by atoms with Crippen LogP contribution in [0.2, 0.25) is 0 Å². The number of carbonyl (C=O) groups is 2. The lowest BCUT2D eigenvalue weighted by molar-refractivity contribution is -0.118. The molecule has 1 aliphatic carbocycles. The average Bonchev–Trinajstić information content (AvgIpc) is 3.50. The maximum Gasteiger partial charge on any atom is 0.339 e. The highest BCUT2D eigenvalue weighted by Gasteiger charge is 2.32. The third kappa shape index (κ3) is 4.53. The van der Waals surface area contributed by atoms with Crippen molar-refractivity contribution in [3.05, 3.63) is 112 Å². The summed E-state index contributed by atoms with van der Waals surface area (Å²) in [5, 5.41) is 10.6. The molecule has 7 heteroatoms. The minimum absolute atomic E-state index is 0.0628. The molecule has 7 nitrogen and oxygen atoms in total. The number of hydrogen-bond acceptors (Lipinski definition) is 7. The average molecular weight is 541 g/mol. The van der Waals surface area contributed by atoms with E-state index in [1.54, 1.807) is 9.80 Å². The van der Waals surface area contributed by atoms with E-state index < -0.39 is 18.4 Å². The van der Waals surface area contributed by atoms with Gasteiger partial charge < -0.3 is 14.5 Å². The van der Waals surface area contributed by atoms with Gasteiger partial charge in [0.2, 0.25) is 5.78 Å². The van der Waals surface area contributed by atoms with Gasteiger partial charge in [-0.05, 0) is 60.7 Å². The molecule has 41 heavy (non-hydrogen) atoms. The highest BCUT2D eigenvalue weighted by Crippen LogP contribution is 2.41. The molecule has 0 radical (unpaired) electrons. The van der Waals surface area contributed by atoms with E-state index in [2.05, 4.69) is 37.3 Å². The van der Waals surface area contributed by atoms with Gasteiger partial charge in [-0.3, -0.25) is 4.79 Å². The van der Waals surface area contributed by atoms with E-state index in [4.69, 9.17) is 9.72 Å². The van der Waals surface area contributed by atoms with E-state index >= 15 is 0 Å². The van der Waals surface area contributed by atoms with Crippen LogP contribution in [0.5, 0.6) is 0 Å². The summed E-state index contributed by atoms with van der Waals surface area (Å²) in [7, 11) is 3.62. The molecule has 0 fully saturated rings. The molecular formula is C34H28N4O3. The van der Waals surface area contributed by atoms with Crippen LogP contribution in [0.15, 0.2) is 84.2 Å². The Hall–Kier alpha value is -5.22. The number of benzene rings is 3. The van der Waals surface area contributed by atoms with Crippen molar-refractivity contribution < 1.29 is 14.3 Å². The Morgan fingerprint density at radius 2 is 1.61 bits per heavy atom. The monoisotopic (exact) mass is 540 g/mol. The Labute approximate surface area is 238 Å². The lowest BCUT2D eigenvalue weighted by atomic mass is 10.0. The lowest BCUT2D eigenvalue weighted by Gasteiger charge is -2.20. The number of aromatic nitrogens is 1. The summed E-state index contributed by atoms with van der Waals surface area (Å²) in [6, 6.07) is 25.5. The molecule has 0 N–H and O–H groups in total. The fourth-order valence-corrected chi connectivity index (χ4v) is 5.71. The Kier molecular flexibility index (Phi) is 6.60. The van der Waals surface area contributed by atoms with Gasteiger partial charge in [-0.1, -0.05) is 60.2 Å². The zero-order valence-corrected chi connectivity index (χ0v) is 23.1. The second kappa shape index (κ2) is 10.4. The molecule has 2 heterocycles. The molecule has 0 unspecified atom stereocenters. The smallest absolute Gasteiger partial charge is 0.339 e. The Bertz CT molecular complexity index is 1800. The third-order valence-electron chi connectivity index (χ3n) is 7.75. The molecule has 0 bridgehead atoms. The maximum atomic E-state index is 13.6. The number of carbonyl (C=O) groups excluding carboxylic acids is 2. The summed E-state index contributed by atoms with van der Waals surface area (Å²) in [6.07, 6.45) is 3.50. The van der Waals surface area contributed by atoms with Gasteiger partial charge in [0.1, 0.15) is 17.5 Å². The number of Topliss-reactive ketones (excluding diaryl/α,β-unsaturated/α-hetero) is 1. The lowest BCUT2D eigenvalue weighted by Crippen LogP contribution is -2.28. The molecule has 202 valence electrons. The van der Waals surface area contributed by atoms with Gasteiger partial charge in [0.05, 0.1) is 28.1 Å². The summed E-state index contributed by atoms with van der Waals surface area (Å²) < 4.78 is 5.62. The molecule has 4 aromatic rings. The van der Waals surface area contributed by atoms with Crippen molar-refractivity contribution in [2.45, 2.75) is 19.8 Å². The third-order valence-corrected chi connectivity index (χ3v) is 7.75. The van der Waals surface area contributed by atoms with E-state index in [1.807, 2.05) is 68.7 Å². The molecule has 0 saturated carbocycles. The first-order valence-corrected chi connectivity index (χ1v) is 13.5. The number of ketones is 1. The molecule has 2 aliphatic rings. The largest absolute Gasteiger partial charge is 0.454 e. The molecule has 3 aromatic carbocycles. The number of hydrogen-bond donors (Lipinski definition) is 0. The van der Waals surface area contributed by atoms with Gasteiger partial charge in [-0.25, -0.2) is 9.78 Å². The topological polar surface area (TPSA) is 86.5 Å². The van der Waals surface area contributed by atoms with Crippen LogP contribution in [0.3, 0.4) is 0 Å². The SMILES string of the molecule is Cc1ccc(C=C2CCc3c2nc2ccccc2c3C(=O)OCC(=O)C(C#N)=C2N(C)c3ccccc3N2C)cc1. The normalized spacial score (nSPS) is 14.7. The highest BCUT2D eigenvalue weighted by molar-refractivity contribution is 6.09. The van der Waals surface area contributed by atoms with Gasteiger partial charge >= 0.3 is 5.97 Å². The number of para-hydroxylation sites is 3. The zero-order chi connectivity index (χ0) is 28.7. The summed E-state index contributed by atoms with van der Waals surface area (Å²) in [5.74, 6) is -0.698. The minimum atomic E-state index is -0.594. The van der Waals surface area contributed by atoms with Crippen molar-refractivity contribution in [3.8, 4) is 6.07 Å². The van der Waals surface area contributed by atoms with Gasteiger partial charge in [0, 0.05) is 19.5 Å². The molecule has 6 rings (SSSR count). The molecule has 1 aliphatic heterocycles. The van der Waals surface area contributed by atoms with Crippen LogP contribution in [0.4, 0.5) is 11.4 Å². The van der Waals surface area contributed by atoms with Crippen LogP contribution < -0.4 is 9.80 Å². The van der Waals surface area contributed by atoms with Crippen molar-refractivity contribution in [2.75, 3.05) is 30.5 Å². The Balaban J connectivity index is 1.31. The van der Waals surface area contributed by atoms with E-state index in [0.717, 1.165) is 40.2 Å². The number of fused-ring (bicyclic) bond motifs is 3. The van der Waals surface area contributed by atoms with Crippen molar-refractivity contribution in [1.82, 2.24) is 4.98 Å². The number of rotatable bonds is 5. The Morgan fingerprint density at radius 3 is 2.29 bits per heavy atom. The number of nitriles is 1. The van der Waals surface area contributed by atoms with E-state index in [-0.39, 0.29) is 5.57 Å². The zero-order valence-electron chi connectivity index (χ0n) is 23.1.